The summed E-state index contributed by atoms with van der Waals surface area (Å²) in [7, 11) is 0. The molecule has 1 aliphatic rings. The van der Waals surface area contributed by atoms with Gasteiger partial charge in [0, 0.05) is 16.5 Å². The van der Waals surface area contributed by atoms with Gasteiger partial charge in [-0.2, -0.15) is 0 Å². The first kappa shape index (κ1) is 13.4. The highest BCUT2D eigenvalue weighted by atomic mass is 32.2. The average molecular weight is 264 g/mol. The minimum Gasteiger partial charge on any atom is -0.326 e. The smallest absolute Gasteiger partial charge is 0.227 e. The third-order valence-corrected chi connectivity index (χ3v) is 4.07. The van der Waals surface area contributed by atoms with Crippen LogP contribution in [0.15, 0.2) is 29.2 Å². The Balaban J connectivity index is 1.97. The van der Waals surface area contributed by atoms with Crippen LogP contribution < -0.4 is 10.5 Å². The summed E-state index contributed by atoms with van der Waals surface area (Å²) in [6.45, 7) is 2.23. The minimum absolute atomic E-state index is 0.153. The second-order valence-electron chi connectivity index (χ2n) is 5.10. The Hall–Kier alpha value is -1.00. The number of carbonyl (C=O) groups excluding carboxylic acids is 1. The van der Waals surface area contributed by atoms with Gasteiger partial charge in [0.15, 0.2) is 0 Å². The summed E-state index contributed by atoms with van der Waals surface area (Å²) in [5, 5.41) is 8.51. The largest absolute Gasteiger partial charge is 0.326 e. The van der Waals surface area contributed by atoms with Crippen molar-refractivity contribution in [2.75, 3.05) is 5.32 Å². The molecule has 1 aromatic rings. The normalized spacial score (nSPS) is 23.7. The molecule has 1 aromatic carbocycles. The summed E-state index contributed by atoms with van der Waals surface area (Å²) in [4.78, 5) is 13.1. The quantitative estimate of drug-likeness (QED) is 0.822. The van der Waals surface area contributed by atoms with Crippen molar-refractivity contribution in [1.29, 1.82) is 0 Å². The van der Waals surface area contributed by atoms with Crippen molar-refractivity contribution < 1.29 is 4.79 Å². The Morgan fingerprint density at radius 1 is 1.44 bits per heavy atom. The lowest BCUT2D eigenvalue weighted by molar-refractivity contribution is -0.121. The van der Waals surface area contributed by atoms with Gasteiger partial charge in [0.2, 0.25) is 5.91 Å². The number of nitrogens with one attached hydrogen (secondary N) is 1. The molecule has 98 valence electrons. The van der Waals surface area contributed by atoms with E-state index in [9.17, 15) is 4.79 Å². The zero-order valence-corrected chi connectivity index (χ0v) is 11.5. The van der Waals surface area contributed by atoms with Gasteiger partial charge in [0.1, 0.15) is 0 Å². The molecule has 0 radical (unpaired) electrons. The SMILES string of the molecule is CC1CCCC(C(=O)Nc2cccc(SN)c2)C1. The highest BCUT2D eigenvalue weighted by Gasteiger charge is 2.24. The van der Waals surface area contributed by atoms with E-state index in [-0.39, 0.29) is 11.8 Å². The van der Waals surface area contributed by atoms with Gasteiger partial charge in [-0.15, -0.1) is 0 Å². The van der Waals surface area contributed by atoms with Crippen LogP contribution in [0.5, 0.6) is 0 Å². The van der Waals surface area contributed by atoms with Crippen molar-refractivity contribution in [2.24, 2.45) is 17.0 Å². The standard InChI is InChI=1S/C14H20N2OS/c1-10-4-2-5-11(8-10)14(17)16-12-6-3-7-13(9-12)18-15/h3,6-7,9-11H,2,4-5,8,15H2,1H3,(H,16,17). The number of amides is 1. The van der Waals surface area contributed by atoms with E-state index in [1.807, 2.05) is 24.3 Å². The van der Waals surface area contributed by atoms with Gasteiger partial charge in [0.05, 0.1) is 0 Å². The van der Waals surface area contributed by atoms with Gasteiger partial charge in [-0.25, -0.2) is 0 Å². The fourth-order valence-corrected chi connectivity index (χ4v) is 2.92. The molecule has 0 bridgehead atoms. The molecule has 2 unspecified atom stereocenters. The van der Waals surface area contributed by atoms with E-state index in [1.54, 1.807) is 0 Å². The number of carbonyl (C=O) groups is 1. The molecule has 0 saturated heterocycles. The fraction of sp³-hybridized carbons (Fsp3) is 0.500. The van der Waals surface area contributed by atoms with Crippen molar-refractivity contribution >= 4 is 23.5 Å². The molecule has 1 fully saturated rings. The number of hydrogen-bond acceptors (Lipinski definition) is 3. The summed E-state index contributed by atoms with van der Waals surface area (Å²) >= 11 is 1.19. The van der Waals surface area contributed by atoms with Crippen LogP contribution in [0.25, 0.3) is 0 Å². The summed E-state index contributed by atoms with van der Waals surface area (Å²) < 4.78 is 0. The summed E-state index contributed by atoms with van der Waals surface area (Å²) in [5.74, 6) is 0.990. The first-order valence-corrected chi connectivity index (χ1v) is 7.34. The molecule has 0 heterocycles. The van der Waals surface area contributed by atoms with E-state index in [4.69, 9.17) is 5.14 Å². The van der Waals surface area contributed by atoms with Gasteiger partial charge >= 0.3 is 0 Å². The highest BCUT2D eigenvalue weighted by Crippen LogP contribution is 2.29. The first-order valence-electron chi connectivity index (χ1n) is 6.46. The molecular formula is C14H20N2OS. The number of anilines is 1. The Morgan fingerprint density at radius 3 is 3.00 bits per heavy atom. The lowest BCUT2D eigenvalue weighted by Gasteiger charge is -2.25. The molecule has 1 amide bonds. The lowest BCUT2D eigenvalue weighted by atomic mass is 9.82. The van der Waals surface area contributed by atoms with Crippen molar-refractivity contribution in [3.63, 3.8) is 0 Å². The van der Waals surface area contributed by atoms with Crippen molar-refractivity contribution in [3.8, 4) is 0 Å². The predicted octanol–water partition coefficient (Wildman–Crippen LogP) is 3.42. The monoisotopic (exact) mass is 264 g/mol. The van der Waals surface area contributed by atoms with Crippen LogP contribution in [0.3, 0.4) is 0 Å². The number of benzene rings is 1. The fourth-order valence-electron chi connectivity index (χ4n) is 2.56. The van der Waals surface area contributed by atoms with Crippen LogP contribution in [0.1, 0.15) is 32.6 Å². The Kier molecular flexibility index (Phi) is 4.66. The van der Waals surface area contributed by atoms with E-state index in [0.717, 1.165) is 29.8 Å². The Bertz CT molecular complexity index is 422. The van der Waals surface area contributed by atoms with Crippen LogP contribution >= 0.6 is 11.9 Å². The summed E-state index contributed by atoms with van der Waals surface area (Å²) in [5.41, 5.74) is 0.841. The van der Waals surface area contributed by atoms with E-state index in [1.165, 1.54) is 18.4 Å². The number of nitrogens with two attached hydrogens (primary N) is 1. The summed E-state index contributed by atoms with van der Waals surface area (Å²) in [6.07, 6.45) is 4.44. The van der Waals surface area contributed by atoms with Crippen LogP contribution in [0.2, 0.25) is 0 Å². The van der Waals surface area contributed by atoms with Crippen molar-refractivity contribution in [3.05, 3.63) is 24.3 Å². The zero-order valence-electron chi connectivity index (χ0n) is 10.7. The molecule has 1 saturated carbocycles. The molecule has 4 heteroatoms. The first-order chi connectivity index (χ1) is 8.69. The third kappa shape index (κ3) is 3.50. The van der Waals surface area contributed by atoms with Crippen LogP contribution in [-0.4, -0.2) is 5.91 Å². The molecule has 2 rings (SSSR count). The number of rotatable bonds is 3. The van der Waals surface area contributed by atoms with Crippen LogP contribution in [-0.2, 0) is 4.79 Å². The summed E-state index contributed by atoms with van der Waals surface area (Å²) in [6, 6.07) is 7.66. The minimum atomic E-state index is 0.153. The van der Waals surface area contributed by atoms with Crippen molar-refractivity contribution in [2.45, 2.75) is 37.5 Å². The van der Waals surface area contributed by atoms with Crippen LogP contribution in [0, 0.1) is 11.8 Å². The van der Waals surface area contributed by atoms with Gasteiger partial charge in [-0.3, -0.25) is 9.93 Å². The molecule has 3 N–H and O–H groups in total. The molecule has 2 atom stereocenters. The zero-order chi connectivity index (χ0) is 13.0. The van der Waals surface area contributed by atoms with E-state index < -0.39 is 0 Å². The molecule has 0 spiro atoms. The Labute approximate surface area is 113 Å². The topological polar surface area (TPSA) is 55.1 Å². The maximum atomic E-state index is 12.2. The van der Waals surface area contributed by atoms with Gasteiger partial charge in [-0.05, 0) is 48.9 Å². The molecule has 0 aromatic heterocycles. The average Bonchev–Trinajstić information content (AvgIpc) is 2.39. The molecule has 3 nitrogen and oxygen atoms in total. The Morgan fingerprint density at radius 2 is 2.28 bits per heavy atom. The van der Waals surface area contributed by atoms with Crippen molar-refractivity contribution in [1.82, 2.24) is 0 Å². The second-order valence-corrected chi connectivity index (χ2v) is 5.81. The predicted molar refractivity (Wildman–Crippen MR) is 76.2 cm³/mol. The highest BCUT2D eigenvalue weighted by molar-refractivity contribution is 7.97. The lowest BCUT2D eigenvalue weighted by Crippen LogP contribution is -2.27. The van der Waals surface area contributed by atoms with Gasteiger partial charge < -0.3 is 5.32 Å². The van der Waals surface area contributed by atoms with Crippen LogP contribution in [0.4, 0.5) is 5.69 Å². The van der Waals surface area contributed by atoms with E-state index in [0.29, 0.717) is 5.92 Å². The van der Waals surface area contributed by atoms with E-state index >= 15 is 0 Å². The third-order valence-electron chi connectivity index (χ3n) is 3.54. The second kappa shape index (κ2) is 6.25. The van der Waals surface area contributed by atoms with E-state index in [2.05, 4.69) is 12.2 Å². The molecular weight excluding hydrogens is 244 g/mol. The molecule has 1 aliphatic carbocycles. The maximum Gasteiger partial charge on any atom is 0.227 e. The molecule has 0 aliphatic heterocycles. The van der Waals surface area contributed by atoms with Gasteiger partial charge in [-0.1, -0.05) is 25.8 Å². The number of hydrogen-bond donors (Lipinski definition) is 2. The molecule has 18 heavy (non-hydrogen) atoms. The maximum absolute atomic E-state index is 12.2. The van der Waals surface area contributed by atoms with Gasteiger partial charge in [0.25, 0.3) is 0 Å².